The molecule has 0 amide bonds. The Bertz CT molecular complexity index is 122. The predicted molar refractivity (Wildman–Crippen MR) is 39.2 cm³/mol. The van der Waals surface area contributed by atoms with E-state index in [0.717, 1.165) is 17.3 Å². The van der Waals surface area contributed by atoms with Gasteiger partial charge in [0, 0.05) is 0 Å². The zero-order valence-electron chi connectivity index (χ0n) is 6.48. The summed E-state index contributed by atoms with van der Waals surface area (Å²) < 4.78 is 0. The van der Waals surface area contributed by atoms with Gasteiger partial charge in [-0.1, -0.05) is 20.3 Å². The molecule has 0 saturated heterocycles. The summed E-state index contributed by atoms with van der Waals surface area (Å²) in [5, 5.41) is 0. The summed E-state index contributed by atoms with van der Waals surface area (Å²) in [6.07, 6.45) is 6.15. The Labute approximate surface area is 57.6 Å². The van der Waals surface area contributed by atoms with Crippen LogP contribution in [0, 0.1) is 17.3 Å². The van der Waals surface area contributed by atoms with Crippen molar-refractivity contribution in [1.29, 1.82) is 0 Å². The summed E-state index contributed by atoms with van der Waals surface area (Å²) in [6, 6.07) is 0. The SMILES string of the molecule is CC(C)C12CCCC1C2. The highest BCUT2D eigenvalue weighted by Gasteiger charge is 2.57. The van der Waals surface area contributed by atoms with Crippen LogP contribution in [0.1, 0.15) is 39.5 Å². The highest BCUT2D eigenvalue weighted by molar-refractivity contribution is 5.07. The predicted octanol–water partition coefficient (Wildman–Crippen LogP) is 2.83. The Kier molecular flexibility index (Phi) is 0.980. The highest BCUT2D eigenvalue weighted by Crippen LogP contribution is 2.67. The Morgan fingerprint density at radius 1 is 1.44 bits per heavy atom. The highest BCUT2D eigenvalue weighted by atomic mass is 14.6. The Hall–Kier alpha value is 0. The minimum Gasteiger partial charge on any atom is -0.0622 e. The van der Waals surface area contributed by atoms with E-state index in [1.807, 2.05) is 0 Å². The van der Waals surface area contributed by atoms with Crippen LogP contribution in [0.5, 0.6) is 0 Å². The van der Waals surface area contributed by atoms with Crippen LogP contribution in [0.4, 0.5) is 0 Å². The summed E-state index contributed by atoms with van der Waals surface area (Å²) in [4.78, 5) is 0. The van der Waals surface area contributed by atoms with Gasteiger partial charge in [0.2, 0.25) is 0 Å². The molecule has 0 aromatic heterocycles. The molecule has 9 heavy (non-hydrogen) atoms. The van der Waals surface area contributed by atoms with Gasteiger partial charge in [0.15, 0.2) is 0 Å². The van der Waals surface area contributed by atoms with E-state index in [1.165, 1.54) is 19.3 Å². The van der Waals surface area contributed by atoms with Crippen molar-refractivity contribution < 1.29 is 0 Å². The molecule has 0 aliphatic heterocycles. The van der Waals surface area contributed by atoms with Crippen molar-refractivity contribution in [2.45, 2.75) is 39.5 Å². The normalized spacial score (nSPS) is 47.7. The molecule has 2 unspecified atom stereocenters. The summed E-state index contributed by atoms with van der Waals surface area (Å²) in [5.74, 6) is 2.11. The molecular weight excluding hydrogens is 108 g/mol. The Morgan fingerprint density at radius 3 is 2.44 bits per heavy atom. The lowest BCUT2D eigenvalue weighted by atomic mass is 9.90. The third-order valence-corrected chi connectivity index (χ3v) is 3.62. The van der Waals surface area contributed by atoms with E-state index < -0.39 is 0 Å². The molecule has 2 saturated carbocycles. The van der Waals surface area contributed by atoms with Crippen molar-refractivity contribution in [1.82, 2.24) is 0 Å². The van der Waals surface area contributed by atoms with Gasteiger partial charge in [0.25, 0.3) is 0 Å². The van der Waals surface area contributed by atoms with Gasteiger partial charge in [-0.15, -0.1) is 0 Å². The standard InChI is InChI=1S/C9H16/c1-7(2)9-5-3-4-8(9)6-9/h7-8H,3-6H2,1-2H3. The maximum Gasteiger partial charge on any atom is -0.0243 e. The number of rotatable bonds is 1. The van der Waals surface area contributed by atoms with Gasteiger partial charge in [-0.3, -0.25) is 0 Å². The van der Waals surface area contributed by atoms with Crippen LogP contribution < -0.4 is 0 Å². The second-order valence-electron chi connectivity index (χ2n) is 4.18. The largest absolute Gasteiger partial charge is 0.0622 e. The van der Waals surface area contributed by atoms with Crippen molar-refractivity contribution in [3.8, 4) is 0 Å². The van der Waals surface area contributed by atoms with E-state index in [-0.39, 0.29) is 0 Å². The van der Waals surface area contributed by atoms with Gasteiger partial charge in [-0.05, 0) is 36.5 Å². The summed E-state index contributed by atoms with van der Waals surface area (Å²) >= 11 is 0. The summed E-state index contributed by atoms with van der Waals surface area (Å²) in [5.41, 5.74) is 0.861. The Morgan fingerprint density at radius 2 is 2.22 bits per heavy atom. The molecule has 0 N–H and O–H groups in total. The fourth-order valence-electron chi connectivity index (χ4n) is 2.77. The number of hydrogen-bond acceptors (Lipinski definition) is 0. The van der Waals surface area contributed by atoms with E-state index in [1.54, 1.807) is 6.42 Å². The first-order chi connectivity index (χ1) is 4.26. The lowest BCUT2D eigenvalue weighted by Gasteiger charge is -2.15. The second-order valence-corrected chi connectivity index (χ2v) is 4.18. The van der Waals surface area contributed by atoms with Crippen LogP contribution >= 0.6 is 0 Å². The first-order valence-corrected chi connectivity index (χ1v) is 4.26. The molecule has 0 radical (unpaired) electrons. The molecule has 0 bridgehead atoms. The van der Waals surface area contributed by atoms with Gasteiger partial charge >= 0.3 is 0 Å². The number of fused-ring (bicyclic) bond motifs is 1. The van der Waals surface area contributed by atoms with E-state index in [2.05, 4.69) is 13.8 Å². The lowest BCUT2D eigenvalue weighted by molar-refractivity contribution is 0.343. The molecule has 0 aromatic rings. The third-order valence-electron chi connectivity index (χ3n) is 3.62. The van der Waals surface area contributed by atoms with Crippen molar-refractivity contribution in [2.24, 2.45) is 17.3 Å². The molecule has 0 nitrogen and oxygen atoms in total. The minimum absolute atomic E-state index is 0.861. The van der Waals surface area contributed by atoms with Crippen molar-refractivity contribution in [2.75, 3.05) is 0 Å². The zero-order chi connectivity index (χ0) is 6.48. The Balaban J connectivity index is 2.10. The molecule has 2 aliphatic rings. The molecule has 0 heterocycles. The van der Waals surface area contributed by atoms with E-state index in [0.29, 0.717) is 0 Å². The van der Waals surface area contributed by atoms with E-state index in [4.69, 9.17) is 0 Å². The molecule has 0 heteroatoms. The van der Waals surface area contributed by atoms with Gasteiger partial charge in [0.05, 0.1) is 0 Å². The molecule has 0 aromatic carbocycles. The average molecular weight is 124 g/mol. The van der Waals surface area contributed by atoms with Crippen LogP contribution in [0.25, 0.3) is 0 Å². The fourth-order valence-corrected chi connectivity index (χ4v) is 2.77. The minimum atomic E-state index is 0.861. The van der Waals surface area contributed by atoms with Gasteiger partial charge in [-0.2, -0.15) is 0 Å². The molecule has 2 aliphatic carbocycles. The first-order valence-electron chi connectivity index (χ1n) is 4.26. The molecule has 2 rings (SSSR count). The van der Waals surface area contributed by atoms with Crippen LogP contribution in [0.3, 0.4) is 0 Å². The van der Waals surface area contributed by atoms with Crippen LogP contribution in [-0.4, -0.2) is 0 Å². The molecule has 0 spiro atoms. The maximum absolute atomic E-state index is 2.39. The second kappa shape index (κ2) is 1.53. The first kappa shape index (κ1) is 5.76. The molecule has 52 valence electrons. The van der Waals surface area contributed by atoms with Crippen LogP contribution in [0.15, 0.2) is 0 Å². The fraction of sp³-hybridized carbons (Fsp3) is 1.00. The van der Waals surface area contributed by atoms with Crippen molar-refractivity contribution >= 4 is 0 Å². The smallest absolute Gasteiger partial charge is 0.0243 e. The summed E-state index contributed by atoms with van der Waals surface area (Å²) in [6.45, 7) is 4.79. The topological polar surface area (TPSA) is 0 Å². The van der Waals surface area contributed by atoms with Crippen molar-refractivity contribution in [3.05, 3.63) is 0 Å². The zero-order valence-corrected chi connectivity index (χ0v) is 6.48. The summed E-state index contributed by atoms with van der Waals surface area (Å²) in [7, 11) is 0. The monoisotopic (exact) mass is 124 g/mol. The quantitative estimate of drug-likeness (QED) is 0.504. The lowest BCUT2D eigenvalue weighted by Crippen LogP contribution is -2.07. The maximum atomic E-state index is 2.39. The molecular formula is C9H16. The van der Waals surface area contributed by atoms with E-state index >= 15 is 0 Å². The third kappa shape index (κ3) is 0.595. The van der Waals surface area contributed by atoms with E-state index in [9.17, 15) is 0 Å². The molecule has 2 atom stereocenters. The average Bonchev–Trinajstić information content (AvgIpc) is 2.38. The van der Waals surface area contributed by atoms with Crippen LogP contribution in [-0.2, 0) is 0 Å². The van der Waals surface area contributed by atoms with Crippen LogP contribution in [0.2, 0.25) is 0 Å². The van der Waals surface area contributed by atoms with Gasteiger partial charge < -0.3 is 0 Å². The molecule has 2 fully saturated rings. The van der Waals surface area contributed by atoms with Crippen molar-refractivity contribution in [3.63, 3.8) is 0 Å². The van der Waals surface area contributed by atoms with Gasteiger partial charge in [-0.25, -0.2) is 0 Å². The number of hydrogen-bond donors (Lipinski definition) is 0. The van der Waals surface area contributed by atoms with Gasteiger partial charge in [0.1, 0.15) is 0 Å².